The number of benzene rings is 1. The Balaban J connectivity index is 2.41. The predicted molar refractivity (Wildman–Crippen MR) is 77.6 cm³/mol. The van der Waals surface area contributed by atoms with E-state index >= 15 is 0 Å². The van der Waals surface area contributed by atoms with Gasteiger partial charge >= 0.3 is 0 Å². The molecule has 18 heavy (non-hydrogen) atoms. The van der Waals surface area contributed by atoms with Crippen LogP contribution in [0.25, 0.3) is 0 Å². The van der Waals surface area contributed by atoms with Crippen LogP contribution in [0.2, 0.25) is 5.02 Å². The standard InChI is InChI=1S/C14H19Cl2NO/c1-10-5-6-12(13(16)8-10)14(18)17-7-3-4-11(2)9-15/h5-6,8,11H,3-4,7,9H2,1-2H3,(H,17,18). The summed E-state index contributed by atoms with van der Waals surface area (Å²) in [6.07, 6.45) is 1.95. The Morgan fingerprint density at radius 3 is 2.78 bits per heavy atom. The Bertz CT molecular complexity index is 407. The third-order valence-electron chi connectivity index (χ3n) is 2.79. The Labute approximate surface area is 119 Å². The molecular formula is C14H19Cl2NO. The molecule has 1 unspecified atom stereocenters. The zero-order valence-corrected chi connectivity index (χ0v) is 12.3. The topological polar surface area (TPSA) is 29.1 Å². The van der Waals surface area contributed by atoms with E-state index in [2.05, 4.69) is 12.2 Å². The van der Waals surface area contributed by atoms with Crippen molar-refractivity contribution in [2.75, 3.05) is 12.4 Å². The van der Waals surface area contributed by atoms with Gasteiger partial charge in [0.1, 0.15) is 0 Å². The lowest BCUT2D eigenvalue weighted by Gasteiger charge is -2.09. The normalized spacial score (nSPS) is 12.2. The molecule has 4 heteroatoms. The average Bonchev–Trinajstić information content (AvgIpc) is 2.34. The fraction of sp³-hybridized carbons (Fsp3) is 0.500. The molecule has 0 aliphatic carbocycles. The summed E-state index contributed by atoms with van der Waals surface area (Å²) in [6, 6.07) is 5.44. The maximum Gasteiger partial charge on any atom is 0.252 e. The van der Waals surface area contributed by atoms with Gasteiger partial charge in [0.2, 0.25) is 0 Å². The van der Waals surface area contributed by atoms with E-state index in [1.54, 1.807) is 12.1 Å². The van der Waals surface area contributed by atoms with Gasteiger partial charge in [0, 0.05) is 12.4 Å². The molecule has 1 N–H and O–H groups in total. The molecule has 1 amide bonds. The highest BCUT2D eigenvalue weighted by molar-refractivity contribution is 6.33. The Kier molecular flexibility index (Phi) is 6.51. The first-order valence-electron chi connectivity index (χ1n) is 6.15. The van der Waals surface area contributed by atoms with Crippen LogP contribution in [0.5, 0.6) is 0 Å². The summed E-state index contributed by atoms with van der Waals surface area (Å²) in [5.41, 5.74) is 1.58. The lowest BCUT2D eigenvalue weighted by molar-refractivity contribution is 0.0952. The van der Waals surface area contributed by atoms with Gasteiger partial charge in [-0.3, -0.25) is 4.79 Å². The third-order valence-corrected chi connectivity index (χ3v) is 3.63. The van der Waals surface area contributed by atoms with Gasteiger partial charge in [0.05, 0.1) is 10.6 Å². The Morgan fingerprint density at radius 2 is 2.17 bits per heavy atom. The van der Waals surface area contributed by atoms with Crippen LogP contribution < -0.4 is 5.32 Å². The van der Waals surface area contributed by atoms with E-state index in [1.807, 2.05) is 13.0 Å². The van der Waals surface area contributed by atoms with E-state index in [0.717, 1.165) is 18.4 Å². The second kappa shape index (κ2) is 7.65. The maximum atomic E-state index is 11.9. The van der Waals surface area contributed by atoms with Gasteiger partial charge in [0.15, 0.2) is 0 Å². The highest BCUT2D eigenvalue weighted by Gasteiger charge is 2.09. The van der Waals surface area contributed by atoms with Crippen LogP contribution in [-0.4, -0.2) is 18.3 Å². The molecule has 0 saturated heterocycles. The van der Waals surface area contributed by atoms with Crippen molar-refractivity contribution >= 4 is 29.1 Å². The molecular weight excluding hydrogens is 269 g/mol. The number of aryl methyl sites for hydroxylation is 1. The molecule has 1 aromatic rings. The van der Waals surface area contributed by atoms with E-state index in [0.29, 0.717) is 28.9 Å². The van der Waals surface area contributed by atoms with Crippen LogP contribution in [0.1, 0.15) is 35.7 Å². The molecule has 1 aromatic carbocycles. The lowest BCUT2D eigenvalue weighted by Crippen LogP contribution is -2.25. The molecule has 0 heterocycles. The summed E-state index contributed by atoms with van der Waals surface area (Å²) < 4.78 is 0. The van der Waals surface area contributed by atoms with Crippen molar-refractivity contribution in [1.29, 1.82) is 0 Å². The number of hydrogen-bond acceptors (Lipinski definition) is 1. The van der Waals surface area contributed by atoms with Gasteiger partial charge < -0.3 is 5.32 Å². The van der Waals surface area contributed by atoms with Gasteiger partial charge in [-0.25, -0.2) is 0 Å². The quantitative estimate of drug-likeness (QED) is 0.621. The molecule has 0 aliphatic heterocycles. The fourth-order valence-electron chi connectivity index (χ4n) is 1.63. The van der Waals surface area contributed by atoms with E-state index in [4.69, 9.17) is 23.2 Å². The largest absolute Gasteiger partial charge is 0.352 e. The maximum absolute atomic E-state index is 11.9. The minimum Gasteiger partial charge on any atom is -0.352 e. The minimum absolute atomic E-state index is 0.112. The van der Waals surface area contributed by atoms with Crippen LogP contribution in [0.3, 0.4) is 0 Å². The van der Waals surface area contributed by atoms with Crippen molar-refractivity contribution in [2.45, 2.75) is 26.7 Å². The van der Waals surface area contributed by atoms with Crippen molar-refractivity contribution in [1.82, 2.24) is 5.32 Å². The number of nitrogens with one attached hydrogen (secondary N) is 1. The molecule has 100 valence electrons. The summed E-state index contributed by atoms with van der Waals surface area (Å²) in [6.45, 7) is 4.71. The number of amides is 1. The molecule has 1 rings (SSSR count). The smallest absolute Gasteiger partial charge is 0.252 e. The van der Waals surface area contributed by atoms with E-state index in [9.17, 15) is 4.79 Å². The molecule has 0 spiro atoms. The summed E-state index contributed by atoms with van der Waals surface area (Å²) in [5.74, 6) is 1.04. The van der Waals surface area contributed by atoms with Crippen molar-refractivity contribution in [3.05, 3.63) is 34.3 Å². The number of carbonyl (C=O) groups is 1. The zero-order valence-electron chi connectivity index (χ0n) is 10.8. The molecule has 2 nitrogen and oxygen atoms in total. The van der Waals surface area contributed by atoms with Crippen molar-refractivity contribution in [2.24, 2.45) is 5.92 Å². The molecule has 0 bridgehead atoms. The van der Waals surface area contributed by atoms with Crippen molar-refractivity contribution < 1.29 is 4.79 Å². The highest BCUT2D eigenvalue weighted by Crippen LogP contribution is 2.17. The minimum atomic E-state index is -0.112. The third kappa shape index (κ3) is 4.87. The van der Waals surface area contributed by atoms with E-state index < -0.39 is 0 Å². The Morgan fingerprint density at radius 1 is 1.44 bits per heavy atom. The summed E-state index contributed by atoms with van der Waals surface area (Å²) >= 11 is 11.8. The number of rotatable bonds is 6. The first-order chi connectivity index (χ1) is 8.54. The second-order valence-corrected chi connectivity index (χ2v) is 5.36. The van der Waals surface area contributed by atoms with Gasteiger partial charge in [-0.1, -0.05) is 24.6 Å². The molecule has 0 aromatic heterocycles. The summed E-state index contributed by atoms with van der Waals surface area (Å²) in [4.78, 5) is 11.9. The lowest BCUT2D eigenvalue weighted by atomic mass is 10.1. The first kappa shape index (κ1) is 15.3. The van der Waals surface area contributed by atoms with E-state index in [1.165, 1.54) is 0 Å². The van der Waals surface area contributed by atoms with Crippen LogP contribution in [0, 0.1) is 12.8 Å². The highest BCUT2D eigenvalue weighted by atomic mass is 35.5. The monoisotopic (exact) mass is 287 g/mol. The van der Waals surface area contributed by atoms with Crippen LogP contribution in [0.15, 0.2) is 18.2 Å². The van der Waals surface area contributed by atoms with Crippen molar-refractivity contribution in [3.63, 3.8) is 0 Å². The molecule has 0 radical (unpaired) electrons. The first-order valence-corrected chi connectivity index (χ1v) is 7.06. The molecule has 1 atom stereocenters. The average molecular weight is 288 g/mol. The number of alkyl halides is 1. The van der Waals surface area contributed by atoms with Gasteiger partial charge in [-0.2, -0.15) is 0 Å². The number of hydrogen-bond donors (Lipinski definition) is 1. The zero-order chi connectivity index (χ0) is 13.5. The summed E-state index contributed by atoms with van der Waals surface area (Å²) in [5, 5.41) is 3.37. The van der Waals surface area contributed by atoms with Crippen LogP contribution >= 0.6 is 23.2 Å². The summed E-state index contributed by atoms with van der Waals surface area (Å²) in [7, 11) is 0. The predicted octanol–water partition coefficient (Wildman–Crippen LogP) is 4.03. The second-order valence-electron chi connectivity index (χ2n) is 4.64. The number of halogens is 2. The van der Waals surface area contributed by atoms with E-state index in [-0.39, 0.29) is 5.91 Å². The van der Waals surface area contributed by atoms with Gasteiger partial charge in [0.25, 0.3) is 5.91 Å². The van der Waals surface area contributed by atoms with Gasteiger partial charge in [-0.05, 0) is 43.4 Å². The molecule has 0 aliphatic rings. The number of carbonyl (C=O) groups excluding carboxylic acids is 1. The SMILES string of the molecule is Cc1ccc(C(=O)NCCCC(C)CCl)c(Cl)c1. The van der Waals surface area contributed by atoms with Crippen molar-refractivity contribution in [3.8, 4) is 0 Å². The Hall–Kier alpha value is -0.730. The fourth-order valence-corrected chi connectivity index (χ4v) is 2.10. The van der Waals surface area contributed by atoms with Crippen LogP contribution in [0.4, 0.5) is 0 Å². The van der Waals surface area contributed by atoms with Gasteiger partial charge in [-0.15, -0.1) is 11.6 Å². The molecule has 0 fully saturated rings. The molecule has 0 saturated carbocycles. The van der Waals surface area contributed by atoms with Crippen LogP contribution in [-0.2, 0) is 0 Å².